The Bertz CT molecular complexity index is 1370. The van der Waals surface area contributed by atoms with Crippen LogP contribution in [0.25, 0.3) is 16.9 Å². The summed E-state index contributed by atoms with van der Waals surface area (Å²) in [5.41, 5.74) is 6.20. The van der Waals surface area contributed by atoms with Crippen molar-refractivity contribution in [3.63, 3.8) is 0 Å². The summed E-state index contributed by atoms with van der Waals surface area (Å²) >= 11 is 0. The third-order valence-electron chi connectivity index (χ3n) is 5.65. The molecule has 0 aliphatic rings. The van der Waals surface area contributed by atoms with Gasteiger partial charge in [0.05, 0.1) is 35.1 Å². The van der Waals surface area contributed by atoms with Gasteiger partial charge in [-0.25, -0.2) is 9.67 Å². The average molecular weight is 450 g/mol. The second-order valence-electron chi connectivity index (χ2n) is 7.93. The molecule has 0 radical (unpaired) electrons. The van der Waals surface area contributed by atoms with Crippen LogP contribution in [0.1, 0.15) is 39.3 Å². The van der Waals surface area contributed by atoms with Crippen LogP contribution in [0, 0.1) is 39.0 Å². The normalized spacial score (nSPS) is 11.6. The molecular formula is C24H21F3N6. The Kier molecular flexibility index (Phi) is 5.54. The monoisotopic (exact) mass is 450 g/mol. The fraction of sp³-hybridized carbons (Fsp3) is 0.250. The summed E-state index contributed by atoms with van der Waals surface area (Å²) < 4.78 is 41.8. The molecule has 0 aliphatic carbocycles. The van der Waals surface area contributed by atoms with Crippen molar-refractivity contribution in [1.29, 1.82) is 5.26 Å². The van der Waals surface area contributed by atoms with E-state index in [0.29, 0.717) is 17.9 Å². The number of hydrogen-bond donors (Lipinski definition) is 0. The van der Waals surface area contributed by atoms with Gasteiger partial charge in [0.15, 0.2) is 5.82 Å². The molecule has 1 aromatic carbocycles. The number of rotatable bonds is 4. The summed E-state index contributed by atoms with van der Waals surface area (Å²) in [5.74, 6) is 0.305. The van der Waals surface area contributed by atoms with E-state index in [1.807, 2.05) is 50.6 Å². The highest BCUT2D eigenvalue weighted by atomic mass is 19.4. The molecule has 9 heteroatoms. The Balaban J connectivity index is 1.63. The van der Waals surface area contributed by atoms with Crippen LogP contribution in [0.15, 0.2) is 42.7 Å². The third kappa shape index (κ3) is 4.24. The minimum Gasteiger partial charge on any atom is -0.264 e. The van der Waals surface area contributed by atoms with E-state index in [1.54, 1.807) is 6.20 Å². The molecule has 3 aromatic heterocycles. The molecule has 168 valence electrons. The van der Waals surface area contributed by atoms with Gasteiger partial charge in [0.2, 0.25) is 0 Å². The zero-order valence-corrected chi connectivity index (χ0v) is 18.6. The van der Waals surface area contributed by atoms with E-state index in [-0.39, 0.29) is 0 Å². The van der Waals surface area contributed by atoms with Crippen molar-refractivity contribution in [2.45, 2.75) is 40.4 Å². The Hall–Kier alpha value is -3.93. The van der Waals surface area contributed by atoms with Gasteiger partial charge in [-0.1, -0.05) is 6.07 Å². The van der Waals surface area contributed by atoms with Gasteiger partial charge in [-0.3, -0.25) is 4.68 Å². The number of alkyl halides is 3. The number of nitriles is 1. The van der Waals surface area contributed by atoms with Crippen molar-refractivity contribution >= 4 is 0 Å². The molecule has 0 saturated heterocycles. The first-order chi connectivity index (χ1) is 15.6. The maximum absolute atomic E-state index is 12.8. The number of halogens is 3. The summed E-state index contributed by atoms with van der Waals surface area (Å²) in [5, 5.41) is 18.3. The van der Waals surface area contributed by atoms with Crippen molar-refractivity contribution in [2.24, 2.45) is 0 Å². The zero-order chi connectivity index (χ0) is 23.9. The molecule has 4 aromatic rings. The number of hydrogen-bond acceptors (Lipinski definition) is 4. The number of benzene rings is 1. The summed E-state index contributed by atoms with van der Waals surface area (Å²) in [6, 6.07) is 10.2. The number of aryl methyl sites for hydroxylation is 3. The molecule has 0 aliphatic heterocycles. The molecule has 0 spiro atoms. The Morgan fingerprint density at radius 2 is 1.76 bits per heavy atom. The average Bonchev–Trinajstić information content (AvgIpc) is 3.26. The SMILES string of the molecule is Cc1cc(-c2c(C)nn(Cc3cn(-c4ccc(C(F)(F)F)cn4)nc3C)c2C)ccc1C#N. The number of aromatic nitrogens is 5. The standard InChI is InChI=1S/C24H21F3N6/c1-14-9-18(5-6-19(14)10-28)23-16(3)31-32(17(23)4)12-20-13-33(30-15(20)2)22-8-7-21(11-29-22)24(25,26)27/h5-9,11,13H,12H2,1-4H3. The van der Waals surface area contributed by atoms with Crippen LogP contribution < -0.4 is 0 Å². The lowest BCUT2D eigenvalue weighted by Crippen LogP contribution is -2.07. The molecule has 0 bridgehead atoms. The van der Waals surface area contributed by atoms with Gasteiger partial charge >= 0.3 is 6.18 Å². The molecule has 0 amide bonds. The fourth-order valence-corrected chi connectivity index (χ4v) is 3.83. The van der Waals surface area contributed by atoms with Crippen molar-refractivity contribution in [1.82, 2.24) is 24.5 Å². The fourth-order valence-electron chi connectivity index (χ4n) is 3.83. The van der Waals surface area contributed by atoms with Crippen molar-refractivity contribution in [2.75, 3.05) is 0 Å². The minimum atomic E-state index is -4.43. The van der Waals surface area contributed by atoms with Crippen LogP contribution in [0.2, 0.25) is 0 Å². The Morgan fingerprint density at radius 1 is 1.00 bits per heavy atom. The van der Waals surface area contributed by atoms with Crippen molar-refractivity contribution in [3.8, 4) is 23.0 Å². The van der Waals surface area contributed by atoms with Gasteiger partial charge in [-0.05, 0) is 63.1 Å². The van der Waals surface area contributed by atoms with Gasteiger partial charge in [0.25, 0.3) is 0 Å². The quantitative estimate of drug-likeness (QED) is 0.423. The first kappa shape index (κ1) is 22.3. The molecule has 3 heterocycles. The first-order valence-electron chi connectivity index (χ1n) is 10.2. The molecular weight excluding hydrogens is 429 g/mol. The summed E-state index contributed by atoms with van der Waals surface area (Å²) in [6.45, 7) is 8.12. The molecule has 0 saturated carbocycles. The van der Waals surface area contributed by atoms with Crippen LogP contribution in [0.3, 0.4) is 0 Å². The number of pyridine rings is 1. The molecule has 0 N–H and O–H groups in total. The second kappa shape index (κ2) is 8.20. The third-order valence-corrected chi connectivity index (χ3v) is 5.65. The summed E-state index contributed by atoms with van der Waals surface area (Å²) in [7, 11) is 0. The minimum absolute atomic E-state index is 0.305. The van der Waals surface area contributed by atoms with Crippen molar-refractivity contribution < 1.29 is 13.2 Å². The highest BCUT2D eigenvalue weighted by molar-refractivity contribution is 5.70. The van der Waals surface area contributed by atoms with E-state index >= 15 is 0 Å². The predicted octanol–water partition coefficient (Wildman–Crippen LogP) is 5.30. The highest BCUT2D eigenvalue weighted by Gasteiger charge is 2.30. The summed E-state index contributed by atoms with van der Waals surface area (Å²) in [6.07, 6.45) is -1.87. The highest BCUT2D eigenvalue weighted by Crippen LogP contribution is 2.30. The van der Waals surface area contributed by atoms with Crippen LogP contribution in [0.4, 0.5) is 13.2 Å². The first-order valence-corrected chi connectivity index (χ1v) is 10.2. The molecule has 0 atom stereocenters. The Morgan fingerprint density at radius 3 is 2.36 bits per heavy atom. The topological polar surface area (TPSA) is 72.3 Å². The van der Waals surface area contributed by atoms with E-state index in [2.05, 4.69) is 21.3 Å². The van der Waals surface area contributed by atoms with Crippen LogP contribution in [-0.4, -0.2) is 24.5 Å². The molecule has 33 heavy (non-hydrogen) atoms. The number of nitrogens with zero attached hydrogens (tertiary/aromatic N) is 6. The molecule has 0 fully saturated rings. The van der Waals surface area contributed by atoms with E-state index in [9.17, 15) is 18.4 Å². The Labute approximate surface area is 188 Å². The lowest BCUT2D eigenvalue weighted by Gasteiger charge is -2.07. The maximum atomic E-state index is 12.8. The van der Waals surface area contributed by atoms with Crippen LogP contribution in [-0.2, 0) is 12.7 Å². The predicted molar refractivity (Wildman–Crippen MR) is 117 cm³/mol. The van der Waals surface area contributed by atoms with Crippen LogP contribution in [0.5, 0.6) is 0 Å². The van der Waals surface area contributed by atoms with Crippen molar-refractivity contribution in [3.05, 3.63) is 82.1 Å². The summed E-state index contributed by atoms with van der Waals surface area (Å²) in [4.78, 5) is 3.91. The molecule has 6 nitrogen and oxygen atoms in total. The largest absolute Gasteiger partial charge is 0.417 e. The lowest BCUT2D eigenvalue weighted by atomic mass is 9.99. The maximum Gasteiger partial charge on any atom is 0.417 e. The van der Waals surface area contributed by atoms with Gasteiger partial charge < -0.3 is 0 Å². The van der Waals surface area contributed by atoms with Gasteiger partial charge in [-0.2, -0.15) is 28.6 Å². The van der Waals surface area contributed by atoms with Gasteiger partial charge in [-0.15, -0.1) is 0 Å². The second-order valence-corrected chi connectivity index (χ2v) is 7.93. The van der Waals surface area contributed by atoms with Crippen LogP contribution >= 0.6 is 0 Å². The smallest absolute Gasteiger partial charge is 0.264 e. The van der Waals surface area contributed by atoms with E-state index < -0.39 is 11.7 Å². The molecule has 4 rings (SSSR count). The zero-order valence-electron chi connectivity index (χ0n) is 18.6. The van der Waals surface area contributed by atoms with Gasteiger partial charge in [0, 0.05) is 29.2 Å². The molecule has 0 unspecified atom stereocenters. The van der Waals surface area contributed by atoms with E-state index in [1.165, 1.54) is 10.7 Å². The van der Waals surface area contributed by atoms with E-state index in [0.717, 1.165) is 51.6 Å². The van der Waals surface area contributed by atoms with E-state index in [4.69, 9.17) is 0 Å². The lowest BCUT2D eigenvalue weighted by molar-refractivity contribution is -0.137. The van der Waals surface area contributed by atoms with Gasteiger partial charge in [0.1, 0.15) is 0 Å².